The maximum atomic E-state index is 13.0. The smallest absolute Gasteiger partial charge is 0.163 e. The van der Waals surface area contributed by atoms with E-state index in [-0.39, 0.29) is 11.6 Å². The molecule has 0 amide bonds. The molecule has 0 unspecified atom stereocenters. The third kappa shape index (κ3) is 4.51. The van der Waals surface area contributed by atoms with Crippen LogP contribution in [0.25, 0.3) is 0 Å². The van der Waals surface area contributed by atoms with E-state index >= 15 is 0 Å². The van der Waals surface area contributed by atoms with Crippen LogP contribution in [0.4, 0.5) is 4.39 Å². The van der Waals surface area contributed by atoms with Crippen molar-refractivity contribution in [1.82, 2.24) is 0 Å². The summed E-state index contributed by atoms with van der Waals surface area (Å²) in [6, 6.07) is 4.37. The van der Waals surface area contributed by atoms with Crippen molar-refractivity contribution in [3.8, 4) is 0 Å². The largest absolute Gasteiger partial charge is 0.294 e. The standard InChI is InChI=1S/C15H19FO/c1-3-4-5-6-7-8-15(17)14-11-13(16)10-9-12(14)2/h3,9-11H,1,4-8H2,2H3. The van der Waals surface area contributed by atoms with Crippen LogP contribution in [-0.2, 0) is 0 Å². The van der Waals surface area contributed by atoms with Gasteiger partial charge in [-0.3, -0.25) is 4.79 Å². The van der Waals surface area contributed by atoms with Gasteiger partial charge in [0.25, 0.3) is 0 Å². The number of unbranched alkanes of at least 4 members (excludes halogenated alkanes) is 3. The van der Waals surface area contributed by atoms with Crippen LogP contribution in [0.15, 0.2) is 30.9 Å². The van der Waals surface area contributed by atoms with Gasteiger partial charge in [-0.05, 0) is 43.9 Å². The van der Waals surface area contributed by atoms with Crippen molar-refractivity contribution < 1.29 is 9.18 Å². The molecule has 1 nitrogen and oxygen atoms in total. The van der Waals surface area contributed by atoms with Gasteiger partial charge in [0.05, 0.1) is 0 Å². The van der Waals surface area contributed by atoms with E-state index in [4.69, 9.17) is 0 Å². The van der Waals surface area contributed by atoms with Gasteiger partial charge in [-0.25, -0.2) is 4.39 Å². The number of carbonyl (C=O) groups is 1. The molecule has 0 aliphatic rings. The minimum Gasteiger partial charge on any atom is -0.294 e. The van der Waals surface area contributed by atoms with Gasteiger partial charge >= 0.3 is 0 Å². The van der Waals surface area contributed by atoms with Crippen molar-refractivity contribution in [2.75, 3.05) is 0 Å². The lowest BCUT2D eigenvalue weighted by molar-refractivity contribution is 0.0978. The van der Waals surface area contributed by atoms with Gasteiger partial charge in [0.2, 0.25) is 0 Å². The summed E-state index contributed by atoms with van der Waals surface area (Å²) in [5.74, 6) is -0.300. The number of allylic oxidation sites excluding steroid dienone is 1. The molecule has 1 aromatic carbocycles. The zero-order valence-electron chi connectivity index (χ0n) is 10.3. The van der Waals surface area contributed by atoms with Crippen molar-refractivity contribution in [3.63, 3.8) is 0 Å². The number of Topliss-reactive ketones (excluding diaryl/α,β-unsaturated/α-hetero) is 1. The van der Waals surface area contributed by atoms with Gasteiger partial charge in [-0.1, -0.05) is 18.6 Å². The van der Waals surface area contributed by atoms with Crippen molar-refractivity contribution in [3.05, 3.63) is 47.8 Å². The van der Waals surface area contributed by atoms with E-state index in [1.807, 2.05) is 13.0 Å². The van der Waals surface area contributed by atoms with E-state index in [0.29, 0.717) is 12.0 Å². The van der Waals surface area contributed by atoms with Crippen LogP contribution in [0, 0.1) is 12.7 Å². The van der Waals surface area contributed by atoms with Crippen LogP contribution in [0.3, 0.4) is 0 Å². The molecular formula is C15H19FO. The van der Waals surface area contributed by atoms with E-state index in [0.717, 1.165) is 31.2 Å². The molecule has 92 valence electrons. The number of benzene rings is 1. The van der Waals surface area contributed by atoms with Crippen LogP contribution >= 0.6 is 0 Å². The Morgan fingerprint density at radius 3 is 2.82 bits per heavy atom. The number of carbonyl (C=O) groups excluding carboxylic acids is 1. The number of hydrogen-bond donors (Lipinski definition) is 0. The summed E-state index contributed by atoms with van der Waals surface area (Å²) in [5.41, 5.74) is 1.37. The first-order valence-corrected chi connectivity index (χ1v) is 6.05. The first-order chi connectivity index (χ1) is 8.15. The van der Waals surface area contributed by atoms with Crippen LogP contribution in [0.5, 0.6) is 0 Å². The maximum Gasteiger partial charge on any atom is 0.163 e. The second-order valence-electron chi connectivity index (χ2n) is 4.27. The SMILES string of the molecule is C=CCCCCCC(=O)c1cc(F)ccc1C. The number of halogens is 1. The molecule has 0 N–H and O–H groups in total. The summed E-state index contributed by atoms with van der Waals surface area (Å²) in [7, 11) is 0. The Morgan fingerprint density at radius 2 is 2.12 bits per heavy atom. The first-order valence-electron chi connectivity index (χ1n) is 6.05. The summed E-state index contributed by atoms with van der Waals surface area (Å²) in [6.45, 7) is 5.49. The average Bonchev–Trinajstić information content (AvgIpc) is 2.32. The Bertz CT molecular complexity index is 396. The monoisotopic (exact) mass is 234 g/mol. The predicted octanol–water partition coefficient (Wildman–Crippen LogP) is 4.45. The highest BCUT2D eigenvalue weighted by atomic mass is 19.1. The number of aryl methyl sites for hydroxylation is 1. The zero-order chi connectivity index (χ0) is 12.7. The predicted molar refractivity (Wildman–Crippen MR) is 68.7 cm³/mol. The number of hydrogen-bond acceptors (Lipinski definition) is 1. The summed E-state index contributed by atoms with van der Waals surface area (Å²) < 4.78 is 13.0. The van der Waals surface area contributed by atoms with Crippen LogP contribution < -0.4 is 0 Å². The van der Waals surface area contributed by atoms with Gasteiger partial charge in [0.15, 0.2) is 5.78 Å². The van der Waals surface area contributed by atoms with Crippen molar-refractivity contribution >= 4 is 5.78 Å². The number of ketones is 1. The minimum atomic E-state index is -0.342. The minimum absolute atomic E-state index is 0.0422. The molecule has 1 rings (SSSR count). The first kappa shape index (κ1) is 13.6. The fourth-order valence-electron chi connectivity index (χ4n) is 1.78. The lowest BCUT2D eigenvalue weighted by Crippen LogP contribution is -2.02. The third-order valence-electron chi connectivity index (χ3n) is 2.81. The second-order valence-corrected chi connectivity index (χ2v) is 4.27. The topological polar surface area (TPSA) is 17.1 Å². The quantitative estimate of drug-likeness (QED) is 0.387. The molecule has 0 radical (unpaired) electrons. The van der Waals surface area contributed by atoms with E-state index in [2.05, 4.69) is 6.58 Å². The molecule has 0 heterocycles. The molecule has 0 spiro atoms. The third-order valence-corrected chi connectivity index (χ3v) is 2.81. The van der Waals surface area contributed by atoms with Crippen molar-refractivity contribution in [1.29, 1.82) is 0 Å². The molecule has 2 heteroatoms. The summed E-state index contributed by atoms with van der Waals surface area (Å²) >= 11 is 0. The Hall–Kier alpha value is -1.44. The molecule has 0 aromatic heterocycles. The molecule has 0 aliphatic carbocycles. The molecule has 0 saturated heterocycles. The fraction of sp³-hybridized carbons (Fsp3) is 0.400. The van der Waals surface area contributed by atoms with E-state index < -0.39 is 0 Å². The Morgan fingerprint density at radius 1 is 1.35 bits per heavy atom. The number of rotatable bonds is 7. The Balaban J connectivity index is 2.46. The molecule has 0 atom stereocenters. The molecule has 0 bridgehead atoms. The molecule has 0 fully saturated rings. The highest BCUT2D eigenvalue weighted by Gasteiger charge is 2.09. The van der Waals surface area contributed by atoms with E-state index in [9.17, 15) is 9.18 Å². The molecular weight excluding hydrogens is 215 g/mol. The van der Waals surface area contributed by atoms with Gasteiger partial charge in [-0.2, -0.15) is 0 Å². The average molecular weight is 234 g/mol. The molecule has 1 aromatic rings. The normalized spacial score (nSPS) is 10.2. The van der Waals surface area contributed by atoms with Gasteiger partial charge < -0.3 is 0 Å². The highest BCUT2D eigenvalue weighted by Crippen LogP contribution is 2.14. The van der Waals surface area contributed by atoms with Crippen LogP contribution in [0.2, 0.25) is 0 Å². The van der Waals surface area contributed by atoms with Crippen molar-refractivity contribution in [2.24, 2.45) is 0 Å². The van der Waals surface area contributed by atoms with E-state index in [1.54, 1.807) is 6.07 Å². The lowest BCUT2D eigenvalue weighted by atomic mass is 10.00. The summed E-state index contributed by atoms with van der Waals surface area (Å²) in [6.07, 6.45) is 6.33. The maximum absolute atomic E-state index is 13.0. The summed E-state index contributed by atoms with van der Waals surface area (Å²) in [4.78, 5) is 11.9. The van der Waals surface area contributed by atoms with Crippen LogP contribution in [0.1, 0.15) is 48.0 Å². The van der Waals surface area contributed by atoms with E-state index in [1.165, 1.54) is 12.1 Å². The van der Waals surface area contributed by atoms with Crippen LogP contribution in [-0.4, -0.2) is 5.78 Å². The lowest BCUT2D eigenvalue weighted by Gasteiger charge is -2.05. The van der Waals surface area contributed by atoms with Gasteiger partial charge in [0, 0.05) is 12.0 Å². The van der Waals surface area contributed by atoms with Gasteiger partial charge in [0.1, 0.15) is 5.82 Å². The Labute approximate surface area is 102 Å². The fourth-order valence-corrected chi connectivity index (χ4v) is 1.78. The van der Waals surface area contributed by atoms with Crippen molar-refractivity contribution in [2.45, 2.75) is 39.0 Å². The Kier molecular flexibility index (Phi) is 5.61. The molecule has 0 aliphatic heterocycles. The molecule has 17 heavy (non-hydrogen) atoms. The second kappa shape index (κ2) is 7.00. The summed E-state index contributed by atoms with van der Waals surface area (Å²) in [5, 5.41) is 0. The molecule has 0 saturated carbocycles. The zero-order valence-corrected chi connectivity index (χ0v) is 10.3. The van der Waals surface area contributed by atoms with Gasteiger partial charge in [-0.15, -0.1) is 6.58 Å². The highest BCUT2D eigenvalue weighted by molar-refractivity contribution is 5.97.